The van der Waals surface area contributed by atoms with E-state index in [1.807, 2.05) is 23.2 Å². The lowest BCUT2D eigenvalue weighted by atomic mass is 9.74. The van der Waals surface area contributed by atoms with Crippen molar-refractivity contribution < 1.29 is 4.79 Å². The number of amides is 1. The molecule has 0 bridgehead atoms. The number of carbonyl (C=O) groups excluding carboxylic acids is 1. The molecule has 0 unspecified atom stereocenters. The van der Waals surface area contributed by atoms with Crippen molar-refractivity contribution in [1.82, 2.24) is 9.88 Å². The first-order chi connectivity index (χ1) is 13.3. The highest BCUT2D eigenvalue weighted by atomic mass is 16.2. The predicted octanol–water partition coefficient (Wildman–Crippen LogP) is 3.80. The largest absolute Gasteiger partial charge is 0.356 e. The molecular weight excluding hydrogens is 334 g/mol. The highest BCUT2D eigenvalue weighted by molar-refractivity contribution is 5.99. The van der Waals surface area contributed by atoms with Gasteiger partial charge in [-0.05, 0) is 67.2 Å². The molecule has 2 fully saturated rings. The standard InChI is InChI=1S/C23H27N3O/c27-22(26-14-3-4-15-26)19-7-5-13-24-21(19)25-16-11-23(12-17-25)10-9-18-6-1-2-8-20(18)23/h1-2,5-8,13H,3-4,9-12,14-17H2. The second kappa shape index (κ2) is 6.66. The smallest absolute Gasteiger partial charge is 0.257 e. The van der Waals surface area contributed by atoms with Gasteiger partial charge in [-0.25, -0.2) is 4.98 Å². The number of piperidine rings is 1. The highest BCUT2D eigenvalue weighted by Gasteiger charge is 2.41. The first kappa shape index (κ1) is 16.8. The van der Waals surface area contributed by atoms with E-state index >= 15 is 0 Å². The summed E-state index contributed by atoms with van der Waals surface area (Å²) in [6, 6.07) is 12.8. The molecule has 0 N–H and O–H groups in total. The van der Waals surface area contributed by atoms with Crippen LogP contribution in [0.3, 0.4) is 0 Å². The number of aromatic nitrogens is 1. The monoisotopic (exact) mass is 361 g/mol. The van der Waals surface area contributed by atoms with Gasteiger partial charge in [0.05, 0.1) is 5.56 Å². The molecule has 5 rings (SSSR count). The van der Waals surface area contributed by atoms with Crippen LogP contribution in [0.25, 0.3) is 0 Å². The number of carbonyl (C=O) groups is 1. The summed E-state index contributed by atoms with van der Waals surface area (Å²) in [5.74, 6) is 1.04. The Morgan fingerprint density at radius 1 is 0.926 bits per heavy atom. The van der Waals surface area contributed by atoms with Crippen LogP contribution in [-0.4, -0.2) is 42.0 Å². The molecule has 0 atom stereocenters. The Balaban J connectivity index is 1.37. The van der Waals surface area contributed by atoms with E-state index in [2.05, 4.69) is 34.1 Å². The summed E-state index contributed by atoms with van der Waals surface area (Å²) in [6.07, 6.45) is 8.83. The molecule has 2 aliphatic heterocycles. The number of nitrogens with zero attached hydrogens (tertiary/aromatic N) is 3. The van der Waals surface area contributed by atoms with Gasteiger partial charge in [0, 0.05) is 32.4 Å². The van der Waals surface area contributed by atoms with E-state index < -0.39 is 0 Å². The van der Waals surface area contributed by atoms with Gasteiger partial charge in [0.2, 0.25) is 0 Å². The molecular formula is C23H27N3O. The zero-order valence-electron chi connectivity index (χ0n) is 15.9. The van der Waals surface area contributed by atoms with E-state index in [0.717, 1.165) is 63.2 Å². The van der Waals surface area contributed by atoms with E-state index in [4.69, 9.17) is 0 Å². The number of hydrogen-bond donors (Lipinski definition) is 0. The Morgan fingerprint density at radius 2 is 1.70 bits per heavy atom. The number of hydrogen-bond acceptors (Lipinski definition) is 3. The number of benzene rings is 1. The Labute approximate surface area is 161 Å². The molecule has 140 valence electrons. The van der Waals surface area contributed by atoms with Crippen molar-refractivity contribution in [3.05, 3.63) is 59.3 Å². The van der Waals surface area contributed by atoms with Crippen LogP contribution in [0.4, 0.5) is 5.82 Å². The fourth-order valence-electron chi connectivity index (χ4n) is 5.34. The Hall–Kier alpha value is -2.36. The number of anilines is 1. The molecule has 1 aliphatic carbocycles. The quantitative estimate of drug-likeness (QED) is 0.816. The van der Waals surface area contributed by atoms with Gasteiger partial charge in [0.1, 0.15) is 5.82 Å². The maximum absolute atomic E-state index is 13.0. The number of pyridine rings is 1. The first-order valence-electron chi connectivity index (χ1n) is 10.3. The zero-order valence-corrected chi connectivity index (χ0v) is 15.9. The maximum Gasteiger partial charge on any atom is 0.257 e. The van der Waals surface area contributed by atoms with Crippen LogP contribution in [0.1, 0.15) is 53.6 Å². The fraction of sp³-hybridized carbons (Fsp3) is 0.478. The van der Waals surface area contributed by atoms with E-state index in [9.17, 15) is 4.79 Å². The number of likely N-dealkylation sites (tertiary alicyclic amines) is 1. The molecule has 27 heavy (non-hydrogen) atoms. The average molecular weight is 361 g/mol. The normalized spacial score (nSPS) is 20.9. The molecule has 3 heterocycles. The summed E-state index contributed by atoms with van der Waals surface area (Å²) in [5, 5.41) is 0. The topological polar surface area (TPSA) is 36.4 Å². The Morgan fingerprint density at radius 3 is 2.52 bits per heavy atom. The summed E-state index contributed by atoms with van der Waals surface area (Å²) < 4.78 is 0. The highest BCUT2D eigenvalue weighted by Crippen LogP contribution is 2.46. The molecule has 1 aromatic carbocycles. The van der Waals surface area contributed by atoms with Gasteiger partial charge in [-0.15, -0.1) is 0 Å². The number of aryl methyl sites for hydroxylation is 1. The van der Waals surface area contributed by atoms with Crippen molar-refractivity contribution in [2.24, 2.45) is 0 Å². The Kier molecular flexibility index (Phi) is 4.14. The van der Waals surface area contributed by atoms with E-state index in [1.165, 1.54) is 18.4 Å². The van der Waals surface area contributed by atoms with Crippen LogP contribution in [0.5, 0.6) is 0 Å². The van der Waals surface area contributed by atoms with Crippen molar-refractivity contribution in [3.63, 3.8) is 0 Å². The summed E-state index contributed by atoms with van der Waals surface area (Å²) in [4.78, 5) is 21.9. The summed E-state index contributed by atoms with van der Waals surface area (Å²) in [6.45, 7) is 3.72. The summed E-state index contributed by atoms with van der Waals surface area (Å²) in [5.41, 5.74) is 4.22. The van der Waals surface area contributed by atoms with Crippen molar-refractivity contribution in [2.45, 2.75) is 43.9 Å². The van der Waals surface area contributed by atoms with Gasteiger partial charge in [-0.3, -0.25) is 4.79 Å². The lowest BCUT2D eigenvalue weighted by Gasteiger charge is -2.41. The van der Waals surface area contributed by atoms with Crippen LogP contribution >= 0.6 is 0 Å². The van der Waals surface area contributed by atoms with E-state index in [-0.39, 0.29) is 5.91 Å². The van der Waals surface area contributed by atoms with Gasteiger partial charge in [0.25, 0.3) is 5.91 Å². The minimum absolute atomic E-state index is 0.155. The number of fused-ring (bicyclic) bond motifs is 2. The van der Waals surface area contributed by atoms with Crippen LogP contribution in [0.15, 0.2) is 42.6 Å². The predicted molar refractivity (Wildman–Crippen MR) is 107 cm³/mol. The lowest BCUT2D eigenvalue weighted by Crippen LogP contribution is -2.43. The molecule has 4 nitrogen and oxygen atoms in total. The maximum atomic E-state index is 13.0. The first-order valence-corrected chi connectivity index (χ1v) is 10.3. The molecule has 2 saturated heterocycles. The molecule has 0 radical (unpaired) electrons. The van der Waals surface area contributed by atoms with Crippen molar-refractivity contribution in [3.8, 4) is 0 Å². The third-order valence-electron chi connectivity index (χ3n) is 6.89. The van der Waals surface area contributed by atoms with Gasteiger partial charge in [-0.2, -0.15) is 0 Å². The lowest BCUT2D eigenvalue weighted by molar-refractivity contribution is 0.0793. The molecule has 3 aliphatic rings. The third kappa shape index (κ3) is 2.82. The summed E-state index contributed by atoms with van der Waals surface area (Å²) >= 11 is 0. The second-order valence-corrected chi connectivity index (χ2v) is 8.30. The van der Waals surface area contributed by atoms with Crippen LogP contribution < -0.4 is 4.90 Å². The Bertz CT molecular complexity index is 848. The summed E-state index contributed by atoms with van der Waals surface area (Å²) in [7, 11) is 0. The fourth-order valence-corrected chi connectivity index (χ4v) is 5.34. The molecule has 1 aromatic heterocycles. The van der Waals surface area contributed by atoms with Crippen LogP contribution in [0.2, 0.25) is 0 Å². The third-order valence-corrected chi connectivity index (χ3v) is 6.89. The minimum atomic E-state index is 0.155. The van der Waals surface area contributed by atoms with E-state index in [1.54, 1.807) is 5.56 Å². The van der Waals surface area contributed by atoms with Gasteiger partial charge in [0.15, 0.2) is 0 Å². The van der Waals surface area contributed by atoms with Crippen molar-refractivity contribution in [2.75, 3.05) is 31.1 Å². The second-order valence-electron chi connectivity index (χ2n) is 8.30. The molecule has 1 amide bonds. The van der Waals surface area contributed by atoms with Crippen LogP contribution in [0, 0.1) is 0 Å². The van der Waals surface area contributed by atoms with E-state index in [0.29, 0.717) is 5.41 Å². The molecule has 0 saturated carbocycles. The van der Waals surface area contributed by atoms with Gasteiger partial charge in [-0.1, -0.05) is 24.3 Å². The number of rotatable bonds is 2. The van der Waals surface area contributed by atoms with Crippen molar-refractivity contribution in [1.29, 1.82) is 0 Å². The zero-order chi connectivity index (χ0) is 18.3. The molecule has 1 spiro atoms. The van der Waals surface area contributed by atoms with Crippen molar-refractivity contribution >= 4 is 11.7 Å². The molecule has 2 aromatic rings. The van der Waals surface area contributed by atoms with Crippen LogP contribution in [-0.2, 0) is 11.8 Å². The van der Waals surface area contributed by atoms with Gasteiger partial charge < -0.3 is 9.80 Å². The minimum Gasteiger partial charge on any atom is -0.356 e. The molecule has 4 heteroatoms. The average Bonchev–Trinajstić information content (AvgIpc) is 3.38. The SMILES string of the molecule is O=C(c1cccnc1N1CCC2(CCc3ccccc32)CC1)N1CCCC1. The van der Waals surface area contributed by atoms with Gasteiger partial charge >= 0.3 is 0 Å².